The van der Waals surface area contributed by atoms with Crippen molar-refractivity contribution in [1.82, 2.24) is 9.55 Å². The Morgan fingerprint density at radius 1 is 1.42 bits per heavy atom. The molecule has 9 nitrogen and oxygen atoms in total. The smallest absolute Gasteiger partial charge is 0.332 e. The van der Waals surface area contributed by atoms with Crippen molar-refractivity contribution in [1.29, 1.82) is 0 Å². The van der Waals surface area contributed by atoms with Gasteiger partial charge in [0, 0.05) is 13.1 Å². The van der Waals surface area contributed by atoms with Crippen LogP contribution in [0.15, 0.2) is 15.7 Å². The highest BCUT2D eigenvalue weighted by atomic mass is 16.6. The van der Waals surface area contributed by atoms with E-state index in [1.54, 1.807) is 0 Å². The quantitative estimate of drug-likeness (QED) is 0.401. The number of aliphatic hydroxyl groups is 3. The number of hydrogen-bond donors (Lipinski definition) is 5. The third-order valence-corrected chi connectivity index (χ3v) is 3.00. The van der Waals surface area contributed by atoms with Crippen molar-refractivity contribution in [2.24, 2.45) is 0 Å². The van der Waals surface area contributed by atoms with E-state index in [-0.39, 0.29) is 5.82 Å². The molecule has 106 valence electrons. The van der Waals surface area contributed by atoms with Crippen LogP contribution in [0.25, 0.3) is 0 Å². The van der Waals surface area contributed by atoms with Gasteiger partial charge in [0.15, 0.2) is 6.23 Å². The number of aromatic nitrogens is 2. The molecule has 5 N–H and O–H groups in total. The van der Waals surface area contributed by atoms with Crippen LogP contribution < -0.4 is 16.6 Å². The summed E-state index contributed by atoms with van der Waals surface area (Å²) in [5.74, 6) is 0.128. The Morgan fingerprint density at radius 2 is 2.11 bits per heavy atom. The zero-order chi connectivity index (χ0) is 14.2. The molecule has 0 spiro atoms. The van der Waals surface area contributed by atoms with Gasteiger partial charge in [0.2, 0.25) is 0 Å². The summed E-state index contributed by atoms with van der Waals surface area (Å²) in [5, 5.41) is 31.1. The molecule has 1 aliphatic heterocycles. The van der Waals surface area contributed by atoms with Gasteiger partial charge in [0.25, 0.3) is 5.56 Å². The van der Waals surface area contributed by atoms with E-state index in [0.29, 0.717) is 0 Å². The average molecular weight is 273 g/mol. The molecule has 1 aromatic rings. The Bertz CT molecular complexity index is 567. The van der Waals surface area contributed by atoms with E-state index in [4.69, 9.17) is 9.84 Å². The van der Waals surface area contributed by atoms with E-state index < -0.39 is 42.4 Å². The van der Waals surface area contributed by atoms with Gasteiger partial charge in [-0.15, -0.1) is 0 Å². The molecule has 0 amide bonds. The summed E-state index contributed by atoms with van der Waals surface area (Å²) >= 11 is 0. The lowest BCUT2D eigenvalue weighted by molar-refractivity contribution is -0.0539. The number of aliphatic hydroxyl groups excluding tert-OH is 3. The molecule has 1 saturated heterocycles. The van der Waals surface area contributed by atoms with E-state index >= 15 is 0 Å². The van der Waals surface area contributed by atoms with Crippen LogP contribution in [-0.2, 0) is 4.74 Å². The Balaban J connectivity index is 2.48. The third-order valence-electron chi connectivity index (χ3n) is 3.00. The van der Waals surface area contributed by atoms with Gasteiger partial charge in [-0.3, -0.25) is 9.78 Å². The first-order valence-corrected chi connectivity index (χ1v) is 5.65. The molecule has 0 aliphatic carbocycles. The van der Waals surface area contributed by atoms with Crippen molar-refractivity contribution in [2.45, 2.75) is 24.5 Å². The number of ether oxygens (including phenoxy) is 1. The standard InChI is InChI=1S/C10H15N3O6/c1-11-5-2-6(15)12-10(18)13(5)9-8(17)7(16)4(3-14)19-9/h2,4,7-9,11,14,16-17H,3H2,1H3,(H,12,15,18)/t4-,7?,8?,9-/m1/s1. The summed E-state index contributed by atoms with van der Waals surface area (Å²) in [6.45, 7) is -0.498. The Morgan fingerprint density at radius 3 is 2.63 bits per heavy atom. The SMILES string of the molecule is CNc1cc(=O)[nH]c(=O)n1[C@@H]1O[C@H](CO)C(O)C1O. The Labute approximate surface area is 107 Å². The van der Waals surface area contributed by atoms with Crippen molar-refractivity contribution >= 4 is 5.82 Å². The molecule has 2 rings (SSSR count). The van der Waals surface area contributed by atoms with Gasteiger partial charge in [-0.2, -0.15) is 0 Å². The highest BCUT2D eigenvalue weighted by Crippen LogP contribution is 2.29. The molecule has 2 heterocycles. The lowest BCUT2D eigenvalue weighted by atomic mass is 10.1. The molecule has 19 heavy (non-hydrogen) atoms. The van der Waals surface area contributed by atoms with Crippen molar-refractivity contribution in [3.05, 3.63) is 26.9 Å². The van der Waals surface area contributed by atoms with Gasteiger partial charge in [0.05, 0.1) is 6.61 Å². The second-order valence-electron chi connectivity index (χ2n) is 4.17. The fraction of sp³-hybridized carbons (Fsp3) is 0.600. The predicted molar refractivity (Wildman–Crippen MR) is 63.9 cm³/mol. The summed E-state index contributed by atoms with van der Waals surface area (Å²) < 4.78 is 6.21. The number of nitrogens with zero attached hydrogens (tertiary/aromatic N) is 1. The van der Waals surface area contributed by atoms with Crippen LogP contribution in [-0.4, -0.2) is 56.8 Å². The van der Waals surface area contributed by atoms with Gasteiger partial charge in [-0.25, -0.2) is 9.36 Å². The van der Waals surface area contributed by atoms with Crippen LogP contribution in [0.4, 0.5) is 5.82 Å². The second kappa shape index (κ2) is 5.13. The van der Waals surface area contributed by atoms with E-state index in [1.165, 1.54) is 7.05 Å². The maximum atomic E-state index is 11.8. The molecule has 1 aromatic heterocycles. The fourth-order valence-electron chi connectivity index (χ4n) is 2.04. The van der Waals surface area contributed by atoms with E-state index in [0.717, 1.165) is 10.6 Å². The average Bonchev–Trinajstić information content (AvgIpc) is 2.65. The van der Waals surface area contributed by atoms with Crippen molar-refractivity contribution in [2.75, 3.05) is 19.0 Å². The van der Waals surface area contributed by atoms with Crippen LogP contribution in [0.5, 0.6) is 0 Å². The normalized spacial score (nSPS) is 30.5. The summed E-state index contributed by atoms with van der Waals surface area (Å²) in [6, 6.07) is 1.12. The molecule has 1 aliphatic rings. The molecule has 0 saturated carbocycles. The van der Waals surface area contributed by atoms with E-state index in [9.17, 15) is 19.8 Å². The van der Waals surface area contributed by atoms with Crippen LogP contribution in [0.3, 0.4) is 0 Å². The molecule has 0 radical (unpaired) electrons. The second-order valence-corrected chi connectivity index (χ2v) is 4.17. The number of rotatable bonds is 3. The molecule has 4 atom stereocenters. The van der Waals surface area contributed by atoms with E-state index in [1.807, 2.05) is 4.98 Å². The topological polar surface area (TPSA) is 137 Å². The van der Waals surface area contributed by atoms with Crippen LogP contribution >= 0.6 is 0 Å². The first kappa shape index (κ1) is 13.7. The number of H-pyrrole nitrogens is 1. The Kier molecular flexibility index (Phi) is 3.71. The van der Waals surface area contributed by atoms with Gasteiger partial charge < -0.3 is 25.4 Å². The molecule has 9 heteroatoms. The number of aromatic amines is 1. The van der Waals surface area contributed by atoms with Crippen LogP contribution in [0.2, 0.25) is 0 Å². The zero-order valence-corrected chi connectivity index (χ0v) is 10.1. The van der Waals surface area contributed by atoms with Crippen LogP contribution in [0, 0.1) is 0 Å². The van der Waals surface area contributed by atoms with Gasteiger partial charge in [-0.05, 0) is 0 Å². The lowest BCUT2D eigenvalue weighted by Gasteiger charge is -2.20. The van der Waals surface area contributed by atoms with Gasteiger partial charge in [-0.1, -0.05) is 0 Å². The minimum absolute atomic E-state index is 0.128. The maximum Gasteiger partial charge on any atom is 0.332 e. The highest BCUT2D eigenvalue weighted by Gasteiger charge is 2.44. The van der Waals surface area contributed by atoms with Crippen molar-refractivity contribution < 1.29 is 20.1 Å². The first-order chi connectivity index (χ1) is 8.99. The van der Waals surface area contributed by atoms with Gasteiger partial charge >= 0.3 is 5.69 Å². The maximum absolute atomic E-state index is 11.8. The number of nitrogens with one attached hydrogen (secondary N) is 2. The van der Waals surface area contributed by atoms with E-state index in [2.05, 4.69) is 5.32 Å². The molecular formula is C10H15N3O6. The minimum Gasteiger partial charge on any atom is -0.394 e. The fourth-order valence-corrected chi connectivity index (χ4v) is 2.04. The predicted octanol–water partition coefficient (Wildman–Crippen LogP) is -2.81. The lowest BCUT2D eigenvalue weighted by Crippen LogP contribution is -2.39. The summed E-state index contributed by atoms with van der Waals surface area (Å²) in [7, 11) is 1.49. The Hall–Kier alpha value is -1.68. The number of anilines is 1. The van der Waals surface area contributed by atoms with Crippen LogP contribution in [0.1, 0.15) is 6.23 Å². The third kappa shape index (κ3) is 2.28. The highest BCUT2D eigenvalue weighted by molar-refractivity contribution is 5.33. The molecular weight excluding hydrogens is 258 g/mol. The molecule has 0 bridgehead atoms. The molecule has 1 fully saturated rings. The first-order valence-electron chi connectivity index (χ1n) is 5.65. The summed E-state index contributed by atoms with van der Waals surface area (Å²) in [6.07, 6.45) is -4.91. The largest absolute Gasteiger partial charge is 0.394 e. The summed E-state index contributed by atoms with van der Waals surface area (Å²) in [4.78, 5) is 25.0. The molecule has 0 aromatic carbocycles. The van der Waals surface area contributed by atoms with Crippen molar-refractivity contribution in [3.8, 4) is 0 Å². The molecule has 2 unspecified atom stereocenters. The van der Waals surface area contributed by atoms with Gasteiger partial charge in [0.1, 0.15) is 24.1 Å². The number of hydrogen-bond acceptors (Lipinski definition) is 7. The minimum atomic E-state index is -1.40. The zero-order valence-electron chi connectivity index (χ0n) is 10.1. The van der Waals surface area contributed by atoms with Crippen molar-refractivity contribution in [3.63, 3.8) is 0 Å². The summed E-state index contributed by atoms with van der Waals surface area (Å²) in [5.41, 5.74) is -1.39. The monoisotopic (exact) mass is 273 g/mol.